The lowest BCUT2D eigenvalue weighted by Crippen LogP contribution is -2.25. The second-order valence-corrected chi connectivity index (χ2v) is 8.55. The lowest BCUT2D eigenvalue weighted by atomic mass is 10.1. The Morgan fingerprint density at radius 2 is 1.17 bits per heavy atom. The molecule has 0 aromatic carbocycles. The van der Waals surface area contributed by atoms with Gasteiger partial charge in [-0.05, 0) is 65.1 Å². The maximum absolute atomic E-state index is 11.8. The van der Waals surface area contributed by atoms with Crippen molar-refractivity contribution in [3.63, 3.8) is 0 Å². The van der Waals surface area contributed by atoms with Gasteiger partial charge >= 0.3 is 5.97 Å². The highest BCUT2D eigenvalue weighted by Crippen LogP contribution is 2.10. The summed E-state index contributed by atoms with van der Waals surface area (Å²) in [7, 11) is 0. The summed E-state index contributed by atoms with van der Waals surface area (Å²) in [5.74, 6) is -0.00351. The molecule has 0 atom stereocenters. The molecule has 30 heavy (non-hydrogen) atoms. The number of carbonyl (C=O) groups excluding carboxylic acids is 1. The second kappa shape index (κ2) is 24.7. The van der Waals surface area contributed by atoms with Crippen LogP contribution in [-0.4, -0.2) is 50.3 Å². The van der Waals surface area contributed by atoms with E-state index in [4.69, 9.17) is 9.47 Å². The first-order valence-electron chi connectivity index (χ1n) is 13.2. The first-order chi connectivity index (χ1) is 14.7. The van der Waals surface area contributed by atoms with Crippen molar-refractivity contribution < 1.29 is 14.3 Å². The summed E-state index contributed by atoms with van der Waals surface area (Å²) in [5.41, 5.74) is 0. The predicted molar refractivity (Wildman–Crippen MR) is 129 cm³/mol. The van der Waals surface area contributed by atoms with Crippen molar-refractivity contribution in [2.24, 2.45) is 0 Å². The van der Waals surface area contributed by atoms with Crippen LogP contribution in [0.1, 0.15) is 124 Å². The summed E-state index contributed by atoms with van der Waals surface area (Å²) in [6.07, 6.45) is 19.2. The average molecular weight is 428 g/mol. The summed E-state index contributed by atoms with van der Waals surface area (Å²) in [6, 6.07) is 0. The molecule has 0 aliphatic carbocycles. The lowest BCUT2D eigenvalue weighted by Gasteiger charge is -2.20. The number of esters is 1. The van der Waals surface area contributed by atoms with E-state index in [1.807, 2.05) is 0 Å². The van der Waals surface area contributed by atoms with Gasteiger partial charge in [-0.2, -0.15) is 0 Å². The maximum Gasteiger partial charge on any atom is 0.305 e. The molecule has 180 valence electrons. The van der Waals surface area contributed by atoms with Crippen LogP contribution in [-0.2, 0) is 14.3 Å². The molecule has 0 fully saturated rings. The van der Waals surface area contributed by atoms with Crippen molar-refractivity contribution in [2.45, 2.75) is 124 Å². The molecule has 0 saturated heterocycles. The molecule has 0 amide bonds. The van der Waals surface area contributed by atoms with E-state index in [0.29, 0.717) is 13.0 Å². The number of ether oxygens (including phenoxy) is 2. The highest BCUT2D eigenvalue weighted by atomic mass is 16.5. The highest BCUT2D eigenvalue weighted by molar-refractivity contribution is 5.69. The lowest BCUT2D eigenvalue weighted by molar-refractivity contribution is -0.143. The quantitative estimate of drug-likeness (QED) is 0.121. The number of hydrogen-bond acceptors (Lipinski definition) is 4. The standard InChI is InChI=1S/C26H53NO3/c1-4-7-8-9-10-11-12-13-20-25-30-26(28)21-16-14-17-22-27(5-2)23-18-15-19-24-29-6-3/h4-25H2,1-3H3. The third-order valence-electron chi connectivity index (χ3n) is 5.78. The van der Waals surface area contributed by atoms with Gasteiger partial charge in [-0.15, -0.1) is 0 Å². The fourth-order valence-corrected chi connectivity index (χ4v) is 3.74. The number of rotatable bonds is 24. The molecule has 0 bridgehead atoms. The van der Waals surface area contributed by atoms with E-state index in [1.165, 1.54) is 83.6 Å². The minimum absolute atomic E-state index is 0.00351. The van der Waals surface area contributed by atoms with Crippen LogP contribution < -0.4 is 0 Å². The molecule has 0 aromatic rings. The summed E-state index contributed by atoms with van der Waals surface area (Å²) >= 11 is 0. The van der Waals surface area contributed by atoms with E-state index in [1.54, 1.807) is 0 Å². The fraction of sp³-hybridized carbons (Fsp3) is 0.962. The van der Waals surface area contributed by atoms with Crippen LogP contribution in [0.2, 0.25) is 0 Å². The molecule has 0 aromatic heterocycles. The molecule has 0 aliphatic heterocycles. The largest absolute Gasteiger partial charge is 0.466 e. The van der Waals surface area contributed by atoms with E-state index in [-0.39, 0.29) is 5.97 Å². The first-order valence-corrected chi connectivity index (χ1v) is 13.2. The van der Waals surface area contributed by atoms with E-state index in [2.05, 4.69) is 25.7 Å². The second-order valence-electron chi connectivity index (χ2n) is 8.55. The Balaban J connectivity index is 3.38. The Morgan fingerprint density at radius 3 is 1.77 bits per heavy atom. The van der Waals surface area contributed by atoms with Crippen molar-refractivity contribution in [2.75, 3.05) is 39.5 Å². The van der Waals surface area contributed by atoms with E-state index in [0.717, 1.165) is 45.6 Å². The van der Waals surface area contributed by atoms with Crippen LogP contribution in [0.4, 0.5) is 0 Å². The van der Waals surface area contributed by atoms with Crippen LogP contribution in [0.15, 0.2) is 0 Å². The Kier molecular flexibility index (Phi) is 24.2. The van der Waals surface area contributed by atoms with Crippen LogP contribution >= 0.6 is 0 Å². The monoisotopic (exact) mass is 427 g/mol. The van der Waals surface area contributed by atoms with Crippen molar-refractivity contribution in [3.8, 4) is 0 Å². The maximum atomic E-state index is 11.8. The van der Waals surface area contributed by atoms with Gasteiger partial charge in [0.25, 0.3) is 0 Å². The first kappa shape index (κ1) is 29.4. The van der Waals surface area contributed by atoms with E-state index >= 15 is 0 Å². The van der Waals surface area contributed by atoms with Crippen molar-refractivity contribution in [1.82, 2.24) is 4.90 Å². The zero-order chi connectivity index (χ0) is 22.1. The van der Waals surface area contributed by atoms with Gasteiger partial charge < -0.3 is 14.4 Å². The van der Waals surface area contributed by atoms with Gasteiger partial charge in [0.2, 0.25) is 0 Å². The predicted octanol–water partition coefficient (Wildman–Crippen LogP) is 7.15. The van der Waals surface area contributed by atoms with Gasteiger partial charge in [-0.3, -0.25) is 4.79 Å². The van der Waals surface area contributed by atoms with E-state index < -0.39 is 0 Å². The summed E-state index contributed by atoms with van der Waals surface area (Å²) in [4.78, 5) is 14.4. The Labute approximate surface area is 188 Å². The molecule has 0 radical (unpaired) electrons. The van der Waals surface area contributed by atoms with Gasteiger partial charge in [-0.1, -0.05) is 71.6 Å². The van der Waals surface area contributed by atoms with Gasteiger partial charge in [0.15, 0.2) is 0 Å². The van der Waals surface area contributed by atoms with Crippen molar-refractivity contribution in [3.05, 3.63) is 0 Å². The molecule has 0 N–H and O–H groups in total. The average Bonchev–Trinajstić information content (AvgIpc) is 2.75. The number of carbonyl (C=O) groups is 1. The zero-order valence-electron chi connectivity index (χ0n) is 20.7. The minimum Gasteiger partial charge on any atom is -0.466 e. The normalized spacial score (nSPS) is 11.3. The molecule has 0 spiro atoms. The van der Waals surface area contributed by atoms with Crippen LogP contribution in [0, 0.1) is 0 Å². The molecular formula is C26H53NO3. The molecule has 0 heterocycles. The number of hydrogen-bond donors (Lipinski definition) is 0. The van der Waals surface area contributed by atoms with Crippen molar-refractivity contribution in [1.29, 1.82) is 0 Å². The minimum atomic E-state index is -0.00351. The van der Waals surface area contributed by atoms with Crippen molar-refractivity contribution >= 4 is 5.97 Å². The topological polar surface area (TPSA) is 38.8 Å². The van der Waals surface area contributed by atoms with Gasteiger partial charge in [0, 0.05) is 19.6 Å². The van der Waals surface area contributed by atoms with Gasteiger partial charge in [0.1, 0.15) is 0 Å². The highest BCUT2D eigenvalue weighted by Gasteiger charge is 2.05. The van der Waals surface area contributed by atoms with Gasteiger partial charge in [0.05, 0.1) is 6.61 Å². The Morgan fingerprint density at radius 1 is 0.633 bits per heavy atom. The van der Waals surface area contributed by atoms with Gasteiger partial charge in [-0.25, -0.2) is 0 Å². The molecule has 0 aliphatic rings. The molecule has 4 heteroatoms. The summed E-state index contributed by atoms with van der Waals surface area (Å²) < 4.78 is 10.8. The SMILES string of the molecule is CCCCCCCCCCCOC(=O)CCCCCN(CC)CCCCCOCC. The Bertz CT molecular complexity index is 349. The third-order valence-corrected chi connectivity index (χ3v) is 5.78. The van der Waals surface area contributed by atoms with Crippen LogP contribution in [0.3, 0.4) is 0 Å². The smallest absolute Gasteiger partial charge is 0.305 e. The molecule has 0 saturated carbocycles. The number of unbranched alkanes of at least 4 members (excludes halogenated alkanes) is 12. The molecule has 0 unspecified atom stereocenters. The Hall–Kier alpha value is -0.610. The molecular weight excluding hydrogens is 374 g/mol. The zero-order valence-corrected chi connectivity index (χ0v) is 20.7. The number of nitrogens with zero attached hydrogens (tertiary/aromatic N) is 1. The summed E-state index contributed by atoms with van der Waals surface area (Å²) in [5, 5.41) is 0. The molecule has 0 rings (SSSR count). The van der Waals surface area contributed by atoms with Crippen LogP contribution in [0.5, 0.6) is 0 Å². The third kappa shape index (κ3) is 22.1. The fourth-order valence-electron chi connectivity index (χ4n) is 3.74. The van der Waals surface area contributed by atoms with Crippen LogP contribution in [0.25, 0.3) is 0 Å². The summed E-state index contributed by atoms with van der Waals surface area (Å²) in [6.45, 7) is 12.3. The van der Waals surface area contributed by atoms with E-state index in [9.17, 15) is 4.79 Å². The molecule has 4 nitrogen and oxygen atoms in total.